The lowest BCUT2D eigenvalue weighted by Gasteiger charge is -2.09. The van der Waals surface area contributed by atoms with Crippen LogP contribution in [-0.4, -0.2) is 33.2 Å². The van der Waals surface area contributed by atoms with Gasteiger partial charge in [-0.1, -0.05) is 0 Å². The van der Waals surface area contributed by atoms with Crippen molar-refractivity contribution < 1.29 is 9.90 Å². The largest absolute Gasteiger partial charge is 0.394 e. The molecule has 0 spiro atoms. The van der Waals surface area contributed by atoms with E-state index in [2.05, 4.69) is 10.3 Å². The first-order chi connectivity index (χ1) is 8.52. The van der Waals surface area contributed by atoms with Gasteiger partial charge in [-0.05, 0) is 25.1 Å². The number of nitrogens with two attached hydrogens (primary N) is 1. The maximum absolute atomic E-state index is 11.5. The molecule has 0 saturated heterocycles. The summed E-state index contributed by atoms with van der Waals surface area (Å²) in [5.74, 6) is 0.491. The number of nitrogens with zero attached hydrogens (tertiary/aromatic N) is 2. The van der Waals surface area contributed by atoms with E-state index in [9.17, 15) is 4.79 Å². The van der Waals surface area contributed by atoms with E-state index in [4.69, 9.17) is 10.8 Å². The molecule has 2 rings (SSSR count). The topological polar surface area (TPSA) is 93.2 Å². The number of carbonyl (C=O) groups is 1. The van der Waals surface area contributed by atoms with Crippen LogP contribution < -0.4 is 11.1 Å². The quantitative estimate of drug-likeness (QED) is 0.720. The lowest BCUT2D eigenvalue weighted by atomic mass is 10.2. The van der Waals surface area contributed by atoms with Crippen molar-refractivity contribution in [2.75, 3.05) is 11.9 Å². The molecule has 1 aromatic carbocycles. The number of benzene rings is 1. The van der Waals surface area contributed by atoms with Gasteiger partial charge in [0.25, 0.3) is 0 Å². The van der Waals surface area contributed by atoms with Crippen molar-refractivity contribution in [3.63, 3.8) is 0 Å². The second-order valence-corrected chi connectivity index (χ2v) is 4.20. The van der Waals surface area contributed by atoms with Gasteiger partial charge in [0.05, 0.1) is 17.6 Å². The average molecular weight is 248 g/mol. The molecule has 1 unspecified atom stereocenters. The van der Waals surface area contributed by atoms with Gasteiger partial charge in [0, 0.05) is 12.7 Å². The third-order valence-electron chi connectivity index (χ3n) is 2.91. The summed E-state index contributed by atoms with van der Waals surface area (Å²) in [5.41, 5.74) is 7.85. The molecular formula is C12H16N4O2. The third-order valence-corrected chi connectivity index (χ3v) is 2.91. The zero-order valence-electron chi connectivity index (χ0n) is 10.3. The smallest absolute Gasteiger partial charge is 0.243 e. The molecule has 0 fully saturated rings. The molecule has 1 amide bonds. The zero-order chi connectivity index (χ0) is 13.3. The first-order valence-electron chi connectivity index (χ1n) is 5.63. The predicted molar refractivity (Wildman–Crippen MR) is 69.1 cm³/mol. The molecule has 0 saturated carbocycles. The Morgan fingerprint density at radius 3 is 3.00 bits per heavy atom. The number of anilines is 1. The molecular weight excluding hydrogens is 232 g/mol. The first kappa shape index (κ1) is 12.5. The summed E-state index contributed by atoms with van der Waals surface area (Å²) in [6.45, 7) is 1.54. The Morgan fingerprint density at radius 1 is 1.61 bits per heavy atom. The number of aliphatic hydroxyl groups excluding tert-OH is 1. The van der Waals surface area contributed by atoms with Gasteiger partial charge < -0.3 is 20.7 Å². The number of hydrogen-bond acceptors (Lipinski definition) is 4. The van der Waals surface area contributed by atoms with Crippen LogP contribution in [0.25, 0.3) is 11.0 Å². The Labute approximate surface area is 104 Å². The number of fused-ring (bicyclic) bond motifs is 1. The minimum atomic E-state index is -0.911. The predicted octanol–water partition coefficient (Wildman–Crippen LogP) is 0.140. The standard InChI is InChI=1S/C12H16N4O2/c1-7-14-10-5-8(3-4-11(10)16(7)2)15-12(18)9(13)6-17/h3-5,9,17H,6,13H2,1-2H3,(H,15,18). The molecule has 0 aliphatic carbocycles. The highest BCUT2D eigenvalue weighted by Gasteiger charge is 2.12. The van der Waals surface area contributed by atoms with Crippen LogP contribution in [0, 0.1) is 6.92 Å². The highest BCUT2D eigenvalue weighted by molar-refractivity contribution is 5.96. The van der Waals surface area contributed by atoms with Gasteiger partial charge >= 0.3 is 0 Å². The van der Waals surface area contributed by atoms with Crippen molar-refractivity contribution in [3.8, 4) is 0 Å². The van der Waals surface area contributed by atoms with E-state index < -0.39 is 11.9 Å². The summed E-state index contributed by atoms with van der Waals surface area (Å²) >= 11 is 0. The van der Waals surface area contributed by atoms with Crippen molar-refractivity contribution in [2.45, 2.75) is 13.0 Å². The van der Waals surface area contributed by atoms with Gasteiger partial charge in [0.2, 0.25) is 5.91 Å². The van der Waals surface area contributed by atoms with E-state index in [0.717, 1.165) is 16.9 Å². The molecule has 1 heterocycles. The van der Waals surface area contributed by atoms with Crippen LogP contribution in [0.3, 0.4) is 0 Å². The first-order valence-corrected chi connectivity index (χ1v) is 5.63. The number of rotatable bonds is 3. The van der Waals surface area contributed by atoms with Crippen LogP contribution in [0.4, 0.5) is 5.69 Å². The highest BCUT2D eigenvalue weighted by Crippen LogP contribution is 2.19. The van der Waals surface area contributed by atoms with E-state index in [0.29, 0.717) is 5.69 Å². The fourth-order valence-electron chi connectivity index (χ4n) is 1.72. The maximum Gasteiger partial charge on any atom is 0.243 e. The molecule has 0 bridgehead atoms. The molecule has 6 heteroatoms. The van der Waals surface area contributed by atoms with E-state index in [1.807, 2.05) is 24.6 Å². The SMILES string of the molecule is Cc1nc2cc(NC(=O)C(N)CO)ccc2n1C. The summed E-state index contributed by atoms with van der Waals surface area (Å²) in [4.78, 5) is 15.9. The molecule has 0 aliphatic heterocycles. The monoisotopic (exact) mass is 248 g/mol. The van der Waals surface area contributed by atoms with Crippen LogP contribution in [0.5, 0.6) is 0 Å². The maximum atomic E-state index is 11.5. The van der Waals surface area contributed by atoms with Crippen molar-refractivity contribution in [1.82, 2.24) is 9.55 Å². The summed E-state index contributed by atoms with van der Waals surface area (Å²) in [6, 6.07) is 4.54. The van der Waals surface area contributed by atoms with Gasteiger partial charge in [0.1, 0.15) is 11.9 Å². The zero-order valence-corrected chi connectivity index (χ0v) is 10.3. The Morgan fingerprint density at radius 2 is 2.33 bits per heavy atom. The molecule has 18 heavy (non-hydrogen) atoms. The van der Waals surface area contributed by atoms with Crippen molar-refractivity contribution in [2.24, 2.45) is 12.8 Å². The lowest BCUT2D eigenvalue weighted by Crippen LogP contribution is -2.38. The second-order valence-electron chi connectivity index (χ2n) is 4.20. The Balaban J connectivity index is 2.28. The lowest BCUT2D eigenvalue weighted by molar-refractivity contribution is -0.118. The van der Waals surface area contributed by atoms with E-state index >= 15 is 0 Å². The fraction of sp³-hybridized carbons (Fsp3) is 0.333. The highest BCUT2D eigenvalue weighted by atomic mass is 16.3. The Kier molecular flexibility index (Phi) is 3.31. The average Bonchev–Trinajstić information content (AvgIpc) is 2.63. The van der Waals surface area contributed by atoms with Crippen LogP contribution >= 0.6 is 0 Å². The number of aliphatic hydroxyl groups is 1. The van der Waals surface area contributed by atoms with Crippen molar-refractivity contribution in [1.29, 1.82) is 0 Å². The van der Waals surface area contributed by atoms with Gasteiger partial charge in [0.15, 0.2) is 0 Å². The van der Waals surface area contributed by atoms with Crippen molar-refractivity contribution >= 4 is 22.6 Å². The molecule has 0 radical (unpaired) electrons. The van der Waals surface area contributed by atoms with E-state index in [1.54, 1.807) is 12.1 Å². The number of aromatic nitrogens is 2. The summed E-state index contributed by atoms with van der Waals surface area (Å²) in [6.07, 6.45) is 0. The Bertz CT molecular complexity index is 591. The van der Waals surface area contributed by atoms with Crippen LogP contribution in [0.15, 0.2) is 18.2 Å². The van der Waals surface area contributed by atoms with Crippen molar-refractivity contribution in [3.05, 3.63) is 24.0 Å². The summed E-state index contributed by atoms with van der Waals surface area (Å²) in [7, 11) is 1.94. The van der Waals surface area contributed by atoms with E-state index in [1.165, 1.54) is 0 Å². The third kappa shape index (κ3) is 2.20. The van der Waals surface area contributed by atoms with Gasteiger partial charge in [-0.15, -0.1) is 0 Å². The molecule has 0 aliphatic rings. The van der Waals surface area contributed by atoms with Crippen LogP contribution in [0.2, 0.25) is 0 Å². The van der Waals surface area contributed by atoms with Gasteiger partial charge in [-0.3, -0.25) is 4.79 Å². The number of aryl methyl sites for hydroxylation is 2. The normalized spacial score (nSPS) is 12.7. The summed E-state index contributed by atoms with van der Waals surface area (Å²) < 4.78 is 1.97. The summed E-state index contributed by atoms with van der Waals surface area (Å²) in [5, 5.41) is 11.4. The van der Waals surface area contributed by atoms with Gasteiger partial charge in [-0.2, -0.15) is 0 Å². The number of imidazole rings is 1. The van der Waals surface area contributed by atoms with E-state index in [-0.39, 0.29) is 6.61 Å². The molecule has 6 nitrogen and oxygen atoms in total. The Hall–Kier alpha value is -1.92. The molecule has 4 N–H and O–H groups in total. The molecule has 1 atom stereocenters. The molecule has 2 aromatic rings. The number of carbonyl (C=O) groups excluding carboxylic acids is 1. The fourth-order valence-corrected chi connectivity index (χ4v) is 1.72. The molecule has 96 valence electrons. The number of hydrogen-bond donors (Lipinski definition) is 3. The second kappa shape index (κ2) is 4.75. The van der Waals surface area contributed by atoms with Gasteiger partial charge in [-0.25, -0.2) is 4.98 Å². The van der Waals surface area contributed by atoms with Crippen LogP contribution in [-0.2, 0) is 11.8 Å². The number of nitrogens with one attached hydrogen (secondary N) is 1. The molecule has 1 aromatic heterocycles. The number of amides is 1. The minimum Gasteiger partial charge on any atom is -0.394 e. The minimum absolute atomic E-state index is 0.378. The van der Waals surface area contributed by atoms with Crippen LogP contribution in [0.1, 0.15) is 5.82 Å².